The Kier molecular flexibility index (Phi) is 7.53. The first-order valence-electron chi connectivity index (χ1n) is 10.7. The van der Waals surface area contributed by atoms with Gasteiger partial charge >= 0.3 is 0 Å². The summed E-state index contributed by atoms with van der Waals surface area (Å²) < 4.78 is 5.82. The highest BCUT2D eigenvalue weighted by Crippen LogP contribution is 2.17. The number of aromatic nitrogens is 2. The lowest BCUT2D eigenvalue weighted by Crippen LogP contribution is -2.49. The highest BCUT2D eigenvalue weighted by atomic mass is 35.5. The van der Waals surface area contributed by atoms with Crippen LogP contribution in [0.15, 0.2) is 67.0 Å². The average Bonchev–Trinajstić information content (AvgIpc) is 2.84. The Balaban J connectivity index is 1.20. The number of rotatable bonds is 8. The predicted molar refractivity (Wildman–Crippen MR) is 125 cm³/mol. The van der Waals surface area contributed by atoms with Crippen LogP contribution in [0.3, 0.4) is 0 Å². The van der Waals surface area contributed by atoms with Crippen molar-refractivity contribution in [3.63, 3.8) is 0 Å². The monoisotopic (exact) mass is 451 g/mol. The summed E-state index contributed by atoms with van der Waals surface area (Å²) in [5, 5.41) is 3.68. The summed E-state index contributed by atoms with van der Waals surface area (Å²) in [5.41, 5.74) is 1.56. The van der Waals surface area contributed by atoms with E-state index in [4.69, 9.17) is 16.3 Å². The molecule has 1 saturated heterocycles. The fraction of sp³-hybridized carbons (Fsp3) is 0.292. The second-order valence-corrected chi connectivity index (χ2v) is 8.02. The second kappa shape index (κ2) is 10.9. The van der Waals surface area contributed by atoms with E-state index in [2.05, 4.69) is 25.1 Å². The summed E-state index contributed by atoms with van der Waals surface area (Å²) in [7, 11) is 0. The van der Waals surface area contributed by atoms with Crippen LogP contribution in [0.25, 0.3) is 0 Å². The van der Waals surface area contributed by atoms with E-state index in [9.17, 15) is 4.79 Å². The smallest absolute Gasteiger partial charge is 0.251 e. The molecule has 2 heterocycles. The first kappa shape index (κ1) is 22.0. The lowest BCUT2D eigenvalue weighted by molar-refractivity contribution is 0.0947. The topological polar surface area (TPSA) is 70.6 Å². The van der Waals surface area contributed by atoms with Gasteiger partial charge in [0.05, 0.1) is 0 Å². The Morgan fingerprint density at radius 1 is 1.00 bits per heavy atom. The van der Waals surface area contributed by atoms with Crippen LogP contribution in [0.4, 0.5) is 5.95 Å². The van der Waals surface area contributed by atoms with Crippen molar-refractivity contribution >= 4 is 23.5 Å². The normalized spacial score (nSPS) is 14.2. The molecule has 7 nitrogen and oxygen atoms in total. The highest BCUT2D eigenvalue weighted by molar-refractivity contribution is 6.30. The molecule has 1 aromatic heterocycles. The molecule has 0 saturated carbocycles. The quantitative estimate of drug-likeness (QED) is 0.567. The van der Waals surface area contributed by atoms with Gasteiger partial charge in [-0.15, -0.1) is 0 Å². The first-order valence-corrected chi connectivity index (χ1v) is 11.0. The number of carbonyl (C=O) groups excluding carboxylic acids is 1. The number of carbonyl (C=O) groups is 1. The number of halogens is 1. The van der Waals surface area contributed by atoms with Gasteiger partial charge in [-0.1, -0.05) is 29.8 Å². The molecule has 1 N–H and O–H groups in total. The molecule has 0 radical (unpaired) electrons. The van der Waals surface area contributed by atoms with Crippen molar-refractivity contribution in [2.75, 3.05) is 44.2 Å². The minimum atomic E-state index is -0.102. The summed E-state index contributed by atoms with van der Waals surface area (Å²) in [6, 6.07) is 16.6. The molecule has 0 unspecified atom stereocenters. The van der Waals surface area contributed by atoms with Gasteiger partial charge in [-0.25, -0.2) is 9.97 Å². The number of hydrogen-bond donors (Lipinski definition) is 1. The largest absolute Gasteiger partial charge is 0.489 e. The maximum Gasteiger partial charge on any atom is 0.251 e. The second-order valence-electron chi connectivity index (χ2n) is 7.58. The highest BCUT2D eigenvalue weighted by Gasteiger charge is 2.18. The van der Waals surface area contributed by atoms with Crippen molar-refractivity contribution < 1.29 is 9.53 Å². The average molecular weight is 452 g/mol. The molecule has 1 amide bonds. The molecule has 0 atom stereocenters. The third kappa shape index (κ3) is 6.18. The Hall–Kier alpha value is -3.16. The van der Waals surface area contributed by atoms with E-state index < -0.39 is 0 Å². The molecule has 0 bridgehead atoms. The van der Waals surface area contributed by atoms with Crippen molar-refractivity contribution in [3.8, 4) is 5.75 Å². The third-order valence-corrected chi connectivity index (χ3v) is 5.55. The lowest BCUT2D eigenvalue weighted by Gasteiger charge is -2.34. The van der Waals surface area contributed by atoms with Crippen LogP contribution in [0.1, 0.15) is 15.9 Å². The molecule has 3 aromatic rings. The van der Waals surface area contributed by atoms with Crippen LogP contribution in [0.2, 0.25) is 5.02 Å². The molecule has 2 aromatic carbocycles. The molecule has 1 fully saturated rings. The number of ether oxygens (including phenoxy) is 1. The maximum absolute atomic E-state index is 12.6. The number of anilines is 1. The van der Waals surface area contributed by atoms with Gasteiger partial charge in [-0.3, -0.25) is 9.69 Å². The van der Waals surface area contributed by atoms with E-state index in [0.717, 1.165) is 44.2 Å². The van der Waals surface area contributed by atoms with Gasteiger partial charge in [0.1, 0.15) is 12.4 Å². The van der Waals surface area contributed by atoms with Crippen molar-refractivity contribution in [1.82, 2.24) is 20.2 Å². The minimum Gasteiger partial charge on any atom is -0.489 e. The minimum absolute atomic E-state index is 0.102. The Labute approximate surface area is 193 Å². The van der Waals surface area contributed by atoms with Crippen LogP contribution < -0.4 is 15.0 Å². The van der Waals surface area contributed by atoms with Crippen molar-refractivity contribution in [3.05, 3.63) is 83.1 Å². The van der Waals surface area contributed by atoms with Crippen LogP contribution in [0.5, 0.6) is 5.75 Å². The Morgan fingerprint density at radius 2 is 1.78 bits per heavy atom. The predicted octanol–water partition coefficient (Wildman–Crippen LogP) is 3.26. The summed E-state index contributed by atoms with van der Waals surface area (Å²) in [5.74, 6) is 1.32. The van der Waals surface area contributed by atoms with Gasteiger partial charge in [0.2, 0.25) is 5.95 Å². The van der Waals surface area contributed by atoms with Crippen molar-refractivity contribution in [1.29, 1.82) is 0 Å². The molecule has 166 valence electrons. The standard InChI is InChI=1S/C24H26ClN5O2/c25-21-6-1-4-19(16-21)18-32-22-7-2-5-20(17-22)23(31)26-10-11-29-12-14-30(15-13-29)24-27-8-3-9-28-24/h1-9,16-17H,10-15,18H2,(H,26,31). The van der Waals surface area contributed by atoms with E-state index in [1.807, 2.05) is 42.5 Å². The Morgan fingerprint density at radius 3 is 2.56 bits per heavy atom. The first-order chi connectivity index (χ1) is 15.7. The van der Waals surface area contributed by atoms with Crippen LogP contribution in [-0.2, 0) is 6.61 Å². The van der Waals surface area contributed by atoms with E-state index in [0.29, 0.717) is 29.5 Å². The molecular formula is C24H26ClN5O2. The number of piperazine rings is 1. The molecule has 4 rings (SSSR count). The zero-order valence-electron chi connectivity index (χ0n) is 17.8. The van der Waals surface area contributed by atoms with Gasteiger partial charge in [0, 0.05) is 62.2 Å². The van der Waals surface area contributed by atoms with Gasteiger partial charge in [0.15, 0.2) is 0 Å². The van der Waals surface area contributed by atoms with Crippen LogP contribution >= 0.6 is 11.6 Å². The Bertz CT molecular complexity index is 1030. The molecule has 32 heavy (non-hydrogen) atoms. The summed E-state index contributed by atoms with van der Waals surface area (Å²) in [6.45, 7) is 5.38. The number of nitrogens with zero attached hydrogens (tertiary/aromatic N) is 4. The molecule has 8 heteroatoms. The zero-order valence-corrected chi connectivity index (χ0v) is 18.5. The number of benzene rings is 2. The molecule has 1 aliphatic heterocycles. The van der Waals surface area contributed by atoms with Crippen molar-refractivity contribution in [2.24, 2.45) is 0 Å². The molecule has 0 spiro atoms. The fourth-order valence-electron chi connectivity index (χ4n) is 3.58. The molecule has 1 aliphatic rings. The summed E-state index contributed by atoms with van der Waals surface area (Å²) in [6.07, 6.45) is 3.53. The van der Waals surface area contributed by atoms with Gasteiger partial charge in [-0.05, 0) is 42.0 Å². The van der Waals surface area contributed by atoms with Crippen LogP contribution in [0, 0.1) is 0 Å². The summed E-state index contributed by atoms with van der Waals surface area (Å²) in [4.78, 5) is 25.7. The van der Waals surface area contributed by atoms with Gasteiger partial charge in [-0.2, -0.15) is 0 Å². The fourth-order valence-corrected chi connectivity index (χ4v) is 3.79. The third-order valence-electron chi connectivity index (χ3n) is 5.31. The van der Waals surface area contributed by atoms with E-state index >= 15 is 0 Å². The number of amides is 1. The lowest BCUT2D eigenvalue weighted by atomic mass is 10.2. The van der Waals surface area contributed by atoms with Gasteiger partial charge < -0.3 is 15.0 Å². The molecule has 0 aliphatic carbocycles. The summed E-state index contributed by atoms with van der Waals surface area (Å²) >= 11 is 6.01. The number of hydrogen-bond acceptors (Lipinski definition) is 6. The number of nitrogens with one attached hydrogen (secondary N) is 1. The SMILES string of the molecule is O=C(NCCN1CCN(c2ncccn2)CC1)c1cccc(OCc2cccc(Cl)c2)c1. The van der Waals surface area contributed by atoms with Crippen LogP contribution in [-0.4, -0.2) is 60.0 Å². The van der Waals surface area contributed by atoms with E-state index in [-0.39, 0.29) is 5.91 Å². The zero-order chi connectivity index (χ0) is 22.2. The van der Waals surface area contributed by atoms with E-state index in [1.165, 1.54) is 0 Å². The molecular weight excluding hydrogens is 426 g/mol. The van der Waals surface area contributed by atoms with Gasteiger partial charge in [0.25, 0.3) is 5.91 Å². The van der Waals surface area contributed by atoms with Crippen molar-refractivity contribution in [2.45, 2.75) is 6.61 Å². The van der Waals surface area contributed by atoms with E-state index in [1.54, 1.807) is 24.5 Å². The maximum atomic E-state index is 12.6.